The van der Waals surface area contributed by atoms with Crippen LogP contribution in [0.1, 0.15) is 64.2 Å². The Hall–Kier alpha value is 1.70. The van der Waals surface area contributed by atoms with Crippen molar-refractivity contribution in [2.24, 2.45) is 0 Å². The lowest BCUT2D eigenvalue weighted by atomic mass is 10.0. The minimum atomic E-state index is -1.31. The smallest absolute Gasteiger partial charge is 0.0706 e. The van der Waals surface area contributed by atoms with Gasteiger partial charge in [-0.15, -0.1) is 23.0 Å². The summed E-state index contributed by atoms with van der Waals surface area (Å²) >= 11 is 12.8. The highest BCUT2D eigenvalue weighted by Crippen LogP contribution is 2.77. The third-order valence-corrected chi connectivity index (χ3v) is 19.0. The summed E-state index contributed by atoms with van der Waals surface area (Å²) < 4.78 is -1.31. The van der Waals surface area contributed by atoms with Crippen LogP contribution >= 0.6 is 37.9 Å². The van der Waals surface area contributed by atoms with E-state index in [1.54, 1.807) is 10.4 Å². The molecule has 2 fully saturated rings. The zero-order valence-corrected chi connectivity index (χ0v) is 14.6. The molecule has 0 bridgehead atoms. The van der Waals surface area contributed by atoms with Gasteiger partial charge in [-0.2, -0.15) is 0 Å². The third-order valence-electron chi connectivity index (χ3n) is 3.98. The Kier molecular flexibility index (Phi) is 6.64. The van der Waals surface area contributed by atoms with Gasteiger partial charge >= 0.3 is 0 Å². The van der Waals surface area contributed by atoms with Gasteiger partial charge in [0, 0.05) is 10.9 Å². The second kappa shape index (κ2) is 7.47. The molecule has 2 saturated carbocycles. The quantitative estimate of drug-likeness (QED) is 0.367. The van der Waals surface area contributed by atoms with E-state index in [0.29, 0.717) is 0 Å². The fourth-order valence-corrected chi connectivity index (χ4v) is 14.8. The molecule has 0 saturated heterocycles. The van der Waals surface area contributed by atoms with E-state index < -0.39 is 4.44 Å². The minimum absolute atomic E-state index is 0.820. The van der Waals surface area contributed by atoms with Crippen LogP contribution in [0.25, 0.3) is 0 Å². The molecule has 0 spiro atoms. The van der Waals surface area contributed by atoms with Gasteiger partial charge in [0.05, 0.1) is 4.44 Å². The maximum Gasteiger partial charge on any atom is 0.0706 e. The summed E-state index contributed by atoms with van der Waals surface area (Å²) in [6.45, 7) is 0. The van der Waals surface area contributed by atoms with E-state index in [4.69, 9.17) is 11.8 Å². The predicted molar refractivity (Wildman–Crippen MR) is 92.2 cm³/mol. The van der Waals surface area contributed by atoms with Crippen LogP contribution in [-0.4, -0.2) is 10.9 Å². The summed E-state index contributed by atoms with van der Waals surface area (Å²) in [5, 5.41) is 0.858. The van der Waals surface area contributed by atoms with Crippen molar-refractivity contribution in [3.8, 4) is 0 Å². The Labute approximate surface area is 124 Å². The van der Waals surface area contributed by atoms with Crippen molar-refractivity contribution in [3.63, 3.8) is 0 Å². The molecule has 0 heterocycles. The lowest BCUT2D eigenvalue weighted by molar-refractivity contribution is 0.512. The number of hydrogen-bond donors (Lipinski definition) is 1. The van der Waals surface area contributed by atoms with Gasteiger partial charge in [-0.05, 0) is 36.1 Å². The van der Waals surface area contributed by atoms with Crippen molar-refractivity contribution in [3.05, 3.63) is 0 Å². The molecule has 0 nitrogen and oxygen atoms in total. The van der Waals surface area contributed by atoms with Crippen molar-refractivity contribution in [1.29, 1.82) is 0 Å². The Morgan fingerprint density at radius 2 is 1.41 bits per heavy atom. The largest absolute Gasteiger partial charge is 0.110 e. The van der Waals surface area contributed by atoms with Gasteiger partial charge < -0.3 is 0 Å². The number of rotatable bonds is 4. The molecule has 0 aromatic carbocycles. The Morgan fingerprint density at radius 3 is 1.94 bits per heavy atom. The lowest BCUT2D eigenvalue weighted by Gasteiger charge is -2.34. The summed E-state index contributed by atoms with van der Waals surface area (Å²) in [6, 6.07) is 0. The highest BCUT2D eigenvalue weighted by atomic mass is 33.5. The molecule has 0 radical (unpaired) electrons. The summed E-state index contributed by atoms with van der Waals surface area (Å²) in [4.78, 5) is 0. The Morgan fingerprint density at radius 1 is 0.882 bits per heavy atom. The normalized spacial score (nSPS) is 27.8. The zero-order chi connectivity index (χ0) is 12.1. The van der Waals surface area contributed by atoms with E-state index in [1.165, 1.54) is 64.2 Å². The number of hydrogen-bond acceptors (Lipinski definition) is 4. The van der Waals surface area contributed by atoms with Gasteiger partial charge in [-0.25, -0.2) is 0 Å². The van der Waals surface area contributed by atoms with E-state index in [1.807, 2.05) is 0 Å². The first-order valence-electron chi connectivity index (χ1n) is 6.86. The molecule has 0 aromatic heterocycles. The molecule has 5 heteroatoms. The van der Waals surface area contributed by atoms with Crippen LogP contribution in [0.4, 0.5) is 0 Å². The predicted octanol–water partition coefficient (Wildman–Crippen LogP) is 6.27. The molecule has 100 valence electrons. The molecule has 1 unspecified atom stereocenters. The maximum absolute atomic E-state index is 6.06. The Balaban J connectivity index is 1.94. The summed E-state index contributed by atoms with van der Waals surface area (Å²) in [6.07, 6.45) is 14.1. The molecule has 0 N–H and O–H groups in total. The van der Waals surface area contributed by atoms with E-state index >= 15 is 0 Å². The first kappa shape index (κ1) is 15.1. The molecule has 0 aromatic rings. The molecule has 0 amide bonds. The van der Waals surface area contributed by atoms with Gasteiger partial charge in [0.1, 0.15) is 0 Å². The van der Waals surface area contributed by atoms with Crippen molar-refractivity contribution in [2.45, 2.75) is 75.1 Å². The van der Waals surface area contributed by atoms with Crippen LogP contribution < -0.4 is 0 Å². The molecule has 2 rings (SSSR count). The average Bonchev–Trinajstić information content (AvgIpc) is 2.41. The first-order chi connectivity index (χ1) is 8.24. The van der Waals surface area contributed by atoms with Gasteiger partial charge in [0.2, 0.25) is 0 Å². The van der Waals surface area contributed by atoms with Gasteiger partial charge in [0.15, 0.2) is 0 Å². The van der Waals surface area contributed by atoms with Gasteiger partial charge in [-0.1, -0.05) is 50.3 Å². The average molecular weight is 327 g/mol. The van der Waals surface area contributed by atoms with Gasteiger partial charge in [-0.3, -0.25) is 0 Å². The summed E-state index contributed by atoms with van der Waals surface area (Å²) in [5.41, 5.74) is 0.820. The van der Waals surface area contributed by atoms with Crippen molar-refractivity contribution < 1.29 is 0 Å². The standard InChI is InChI=1S/C12H23PS4/c14-13(17-15,11-7-3-1-4-8-11)16-12-9-5-2-6-10-12/h11-12,15H,1-10H2. The second-order valence-corrected chi connectivity index (χ2v) is 18.0. The maximum atomic E-state index is 6.06. The van der Waals surface area contributed by atoms with Crippen molar-refractivity contribution >= 4 is 49.7 Å². The van der Waals surface area contributed by atoms with Crippen LogP contribution in [0.3, 0.4) is 0 Å². The fraction of sp³-hybridized carbons (Fsp3) is 1.00. The zero-order valence-electron chi connectivity index (χ0n) is 10.3. The van der Waals surface area contributed by atoms with E-state index in [2.05, 4.69) is 23.0 Å². The van der Waals surface area contributed by atoms with E-state index in [-0.39, 0.29) is 0 Å². The van der Waals surface area contributed by atoms with Gasteiger partial charge in [0.25, 0.3) is 0 Å². The van der Waals surface area contributed by atoms with Crippen LogP contribution in [0.15, 0.2) is 0 Å². The first-order valence-corrected chi connectivity index (χ1v) is 13.7. The molecular formula is C12H23PS4. The van der Waals surface area contributed by atoms with Crippen LogP contribution in [0.5, 0.6) is 0 Å². The second-order valence-electron chi connectivity index (χ2n) is 5.28. The number of thiol groups is 1. The minimum Gasteiger partial charge on any atom is -0.110 e. The Bertz CT molecular complexity index is 270. The van der Waals surface area contributed by atoms with Crippen LogP contribution in [0.2, 0.25) is 0 Å². The molecule has 2 aliphatic rings. The van der Waals surface area contributed by atoms with Crippen molar-refractivity contribution in [1.82, 2.24) is 0 Å². The monoisotopic (exact) mass is 326 g/mol. The van der Waals surface area contributed by atoms with Crippen molar-refractivity contribution in [2.75, 3.05) is 0 Å². The topological polar surface area (TPSA) is 0 Å². The molecule has 2 aliphatic carbocycles. The van der Waals surface area contributed by atoms with E-state index in [0.717, 1.165) is 10.9 Å². The van der Waals surface area contributed by atoms with E-state index in [9.17, 15) is 0 Å². The summed E-state index contributed by atoms with van der Waals surface area (Å²) in [5.74, 6) is 0. The highest BCUT2D eigenvalue weighted by molar-refractivity contribution is 9.16. The van der Waals surface area contributed by atoms with Crippen LogP contribution in [0, 0.1) is 0 Å². The SMILES string of the molecule is S=P(SS)(SC1CCCCC1)C1CCCCC1. The van der Waals surface area contributed by atoms with Crippen LogP contribution in [-0.2, 0) is 11.8 Å². The summed E-state index contributed by atoms with van der Waals surface area (Å²) in [7, 11) is 1.76. The third kappa shape index (κ3) is 4.34. The molecule has 0 aliphatic heterocycles. The molecule has 17 heavy (non-hydrogen) atoms. The lowest BCUT2D eigenvalue weighted by Crippen LogP contribution is -2.13. The highest BCUT2D eigenvalue weighted by Gasteiger charge is 2.33. The fourth-order valence-electron chi connectivity index (χ4n) is 2.95. The molecule has 1 atom stereocenters. The molecular weight excluding hydrogens is 303 g/mol.